The first-order valence-corrected chi connectivity index (χ1v) is 9.54. The number of hydrogen-bond acceptors (Lipinski definition) is 7. The van der Waals surface area contributed by atoms with Gasteiger partial charge in [-0.2, -0.15) is 5.26 Å². The van der Waals surface area contributed by atoms with E-state index in [1.807, 2.05) is 6.07 Å². The first kappa shape index (κ1) is 20.2. The zero-order valence-corrected chi connectivity index (χ0v) is 15.4. The van der Waals surface area contributed by atoms with Crippen LogP contribution >= 0.6 is 0 Å². The van der Waals surface area contributed by atoms with Crippen LogP contribution < -0.4 is 20.9 Å². The maximum atomic E-state index is 12.3. The van der Waals surface area contributed by atoms with Gasteiger partial charge in [0.2, 0.25) is 15.9 Å². The van der Waals surface area contributed by atoms with Crippen LogP contribution in [0.5, 0.6) is 5.88 Å². The Labute approximate surface area is 157 Å². The number of nitrogens with zero attached hydrogens (tertiary/aromatic N) is 2. The van der Waals surface area contributed by atoms with Crippen molar-refractivity contribution in [2.24, 2.45) is 5.14 Å². The molecule has 1 aromatic heterocycles. The van der Waals surface area contributed by atoms with E-state index >= 15 is 0 Å². The smallest absolute Gasteiger partial charge is 0.270 e. The van der Waals surface area contributed by atoms with E-state index in [0.717, 1.165) is 5.56 Å². The second kappa shape index (κ2) is 8.48. The number of carbonyl (C=O) groups is 1. The third-order valence-corrected chi connectivity index (χ3v) is 4.52. The van der Waals surface area contributed by atoms with Gasteiger partial charge >= 0.3 is 0 Å². The molecule has 10 heteroatoms. The minimum atomic E-state index is -3.73. The van der Waals surface area contributed by atoms with E-state index in [4.69, 9.17) is 20.9 Å². The van der Waals surface area contributed by atoms with Gasteiger partial charge in [0.15, 0.2) is 0 Å². The van der Waals surface area contributed by atoms with Crippen molar-refractivity contribution in [3.8, 4) is 11.9 Å². The molecule has 2 aromatic rings. The molecule has 0 radical (unpaired) electrons. The minimum absolute atomic E-state index is 0.0173. The molecule has 1 amide bonds. The van der Waals surface area contributed by atoms with Gasteiger partial charge in [-0.25, -0.2) is 18.5 Å². The molecular weight excluding hydrogens is 370 g/mol. The molecule has 142 valence electrons. The summed E-state index contributed by atoms with van der Waals surface area (Å²) in [5.41, 5.74) is 6.85. The molecule has 0 fully saturated rings. The Morgan fingerprint density at radius 3 is 2.56 bits per heavy atom. The van der Waals surface area contributed by atoms with E-state index in [1.165, 1.54) is 18.2 Å². The number of hydrogen-bond donors (Lipinski definition) is 3. The molecule has 9 nitrogen and oxygen atoms in total. The summed E-state index contributed by atoms with van der Waals surface area (Å²) < 4.78 is 27.7. The van der Waals surface area contributed by atoms with Gasteiger partial charge in [0.05, 0.1) is 17.2 Å². The summed E-state index contributed by atoms with van der Waals surface area (Å²) in [4.78, 5) is 16.3. The summed E-state index contributed by atoms with van der Waals surface area (Å²) in [6.45, 7) is 2.30. The highest BCUT2D eigenvalue weighted by atomic mass is 32.2. The van der Waals surface area contributed by atoms with Crippen LogP contribution in [0, 0.1) is 11.3 Å². The van der Waals surface area contributed by atoms with Crippen LogP contribution in [0.1, 0.15) is 28.5 Å². The van der Waals surface area contributed by atoms with Gasteiger partial charge in [-0.3, -0.25) is 4.79 Å². The topological polar surface area (TPSA) is 161 Å². The van der Waals surface area contributed by atoms with Gasteiger partial charge in [-0.15, -0.1) is 0 Å². The van der Waals surface area contributed by atoms with Gasteiger partial charge in [0, 0.05) is 6.54 Å². The van der Waals surface area contributed by atoms with Crippen LogP contribution in [-0.2, 0) is 16.4 Å². The molecule has 27 heavy (non-hydrogen) atoms. The SMILES string of the molecule is CCOc1nc(C(=O)NCCc2ccc(S(N)(=O)=O)cc2)cc(N)c1C#N. The second-order valence-electron chi connectivity index (χ2n) is 5.52. The van der Waals surface area contributed by atoms with Crippen molar-refractivity contribution in [2.75, 3.05) is 18.9 Å². The first-order valence-electron chi connectivity index (χ1n) is 7.99. The van der Waals surface area contributed by atoms with Crippen molar-refractivity contribution in [2.45, 2.75) is 18.2 Å². The fourth-order valence-corrected chi connectivity index (χ4v) is 2.78. The van der Waals surface area contributed by atoms with Crippen LogP contribution in [-0.4, -0.2) is 32.5 Å². The Bertz CT molecular complexity index is 982. The lowest BCUT2D eigenvalue weighted by Gasteiger charge is -2.10. The minimum Gasteiger partial charge on any atom is -0.477 e. The number of benzene rings is 1. The summed E-state index contributed by atoms with van der Waals surface area (Å²) >= 11 is 0. The monoisotopic (exact) mass is 389 g/mol. The first-order chi connectivity index (χ1) is 12.8. The average molecular weight is 389 g/mol. The fraction of sp³-hybridized carbons (Fsp3) is 0.235. The van der Waals surface area contributed by atoms with Crippen molar-refractivity contribution < 1.29 is 17.9 Å². The van der Waals surface area contributed by atoms with Gasteiger partial charge in [-0.05, 0) is 37.1 Å². The molecular formula is C17H19N5O4S. The highest BCUT2D eigenvalue weighted by Crippen LogP contribution is 2.22. The summed E-state index contributed by atoms with van der Waals surface area (Å²) in [6.07, 6.45) is 0.473. The van der Waals surface area contributed by atoms with E-state index in [-0.39, 0.29) is 34.3 Å². The van der Waals surface area contributed by atoms with Crippen LogP contribution in [0.2, 0.25) is 0 Å². The molecule has 0 aliphatic carbocycles. The molecule has 0 saturated heterocycles. The summed E-state index contributed by atoms with van der Waals surface area (Å²) in [6, 6.07) is 9.27. The van der Waals surface area contributed by atoms with E-state index in [1.54, 1.807) is 19.1 Å². The number of aromatic nitrogens is 1. The predicted octanol–water partition coefficient (Wildman–Crippen LogP) is 0.554. The number of anilines is 1. The molecule has 0 saturated carbocycles. The molecule has 0 aliphatic rings. The number of amides is 1. The van der Waals surface area contributed by atoms with Gasteiger partial charge in [0.25, 0.3) is 5.91 Å². The quantitative estimate of drug-likeness (QED) is 0.623. The average Bonchev–Trinajstić information content (AvgIpc) is 2.61. The van der Waals surface area contributed by atoms with Gasteiger partial charge in [-0.1, -0.05) is 12.1 Å². The number of nitrogens with one attached hydrogen (secondary N) is 1. The maximum Gasteiger partial charge on any atom is 0.270 e. The third kappa shape index (κ3) is 5.16. The van der Waals surface area contributed by atoms with Crippen LogP contribution in [0.15, 0.2) is 35.2 Å². The molecule has 0 atom stereocenters. The Balaban J connectivity index is 2.03. The Kier molecular flexibility index (Phi) is 6.33. The zero-order chi connectivity index (χ0) is 20.0. The van der Waals surface area contributed by atoms with E-state index in [2.05, 4.69) is 10.3 Å². The molecule has 0 spiro atoms. The number of rotatable bonds is 7. The molecule has 0 bridgehead atoms. The molecule has 1 aromatic carbocycles. The van der Waals surface area contributed by atoms with Crippen molar-refractivity contribution in [1.29, 1.82) is 5.26 Å². The standard InChI is InChI=1S/C17H19N5O4S/c1-2-26-17-13(10-18)14(19)9-15(22-17)16(23)21-8-7-11-3-5-12(6-4-11)27(20,24)25/h3-6,9H,2,7-8H2,1H3,(H2,19,22)(H,21,23)(H2,20,24,25). The predicted molar refractivity (Wildman–Crippen MR) is 98.4 cm³/mol. The Morgan fingerprint density at radius 2 is 2.00 bits per heavy atom. The van der Waals surface area contributed by atoms with E-state index < -0.39 is 15.9 Å². The third-order valence-electron chi connectivity index (χ3n) is 3.59. The fourth-order valence-electron chi connectivity index (χ4n) is 2.27. The number of sulfonamides is 1. The zero-order valence-electron chi connectivity index (χ0n) is 14.6. The molecule has 0 aliphatic heterocycles. The van der Waals surface area contributed by atoms with Crippen molar-refractivity contribution in [3.05, 3.63) is 47.2 Å². The lowest BCUT2D eigenvalue weighted by Crippen LogP contribution is -2.27. The number of nitriles is 1. The number of ether oxygens (including phenoxy) is 1. The highest BCUT2D eigenvalue weighted by Gasteiger charge is 2.16. The largest absolute Gasteiger partial charge is 0.477 e. The maximum absolute atomic E-state index is 12.3. The molecule has 2 rings (SSSR count). The molecule has 1 heterocycles. The van der Waals surface area contributed by atoms with Crippen LogP contribution in [0.3, 0.4) is 0 Å². The number of nitrogens with two attached hydrogens (primary N) is 2. The van der Waals surface area contributed by atoms with Gasteiger partial charge < -0.3 is 15.8 Å². The number of primary sulfonamides is 1. The molecule has 5 N–H and O–H groups in total. The number of nitrogen functional groups attached to an aromatic ring is 1. The lowest BCUT2D eigenvalue weighted by molar-refractivity contribution is 0.0948. The lowest BCUT2D eigenvalue weighted by atomic mass is 10.1. The van der Waals surface area contributed by atoms with Crippen LogP contribution in [0.25, 0.3) is 0 Å². The summed E-state index contributed by atoms with van der Waals surface area (Å²) in [5.74, 6) is -0.447. The summed E-state index contributed by atoms with van der Waals surface area (Å²) in [7, 11) is -3.73. The second-order valence-corrected chi connectivity index (χ2v) is 7.08. The number of carbonyl (C=O) groups excluding carboxylic acids is 1. The van der Waals surface area contributed by atoms with Crippen LogP contribution in [0.4, 0.5) is 5.69 Å². The molecule has 0 unspecified atom stereocenters. The van der Waals surface area contributed by atoms with E-state index in [9.17, 15) is 13.2 Å². The van der Waals surface area contributed by atoms with Crippen molar-refractivity contribution in [3.63, 3.8) is 0 Å². The van der Waals surface area contributed by atoms with Crippen molar-refractivity contribution in [1.82, 2.24) is 10.3 Å². The Morgan fingerprint density at radius 1 is 1.33 bits per heavy atom. The number of pyridine rings is 1. The van der Waals surface area contributed by atoms with E-state index in [0.29, 0.717) is 13.0 Å². The summed E-state index contributed by atoms with van der Waals surface area (Å²) in [5, 5.41) is 16.8. The Hall–Kier alpha value is -3.16. The van der Waals surface area contributed by atoms with Crippen molar-refractivity contribution >= 4 is 21.6 Å². The highest BCUT2D eigenvalue weighted by molar-refractivity contribution is 7.89. The normalized spacial score (nSPS) is 10.9. The van der Waals surface area contributed by atoms with Gasteiger partial charge in [0.1, 0.15) is 17.3 Å².